The highest BCUT2D eigenvalue weighted by Crippen LogP contribution is 2.13. The fourth-order valence-electron chi connectivity index (χ4n) is 1.55. The molecule has 1 aromatic rings. The highest BCUT2D eigenvalue weighted by molar-refractivity contribution is 5.74. The monoisotopic (exact) mass is 255 g/mol. The topological polar surface area (TPSA) is 87.4 Å². The zero-order chi connectivity index (χ0) is 13.6. The first kappa shape index (κ1) is 14.5. The van der Waals surface area contributed by atoms with Gasteiger partial charge in [0.15, 0.2) is 6.39 Å². The number of aryl methyl sites for hydroxylation is 1. The fourth-order valence-corrected chi connectivity index (χ4v) is 1.55. The zero-order valence-corrected chi connectivity index (χ0v) is 11.1. The lowest BCUT2D eigenvalue weighted by Gasteiger charge is -2.28. The molecule has 6 heteroatoms. The lowest BCUT2D eigenvalue weighted by Crippen LogP contribution is -2.50. The van der Waals surface area contributed by atoms with Gasteiger partial charge in [0.2, 0.25) is 0 Å². The average molecular weight is 255 g/mol. The maximum Gasteiger partial charge on any atom is 0.315 e. The molecule has 0 aliphatic heterocycles. The predicted molar refractivity (Wildman–Crippen MR) is 67.0 cm³/mol. The van der Waals surface area contributed by atoms with Crippen LogP contribution < -0.4 is 10.6 Å². The number of hydrogen-bond donors (Lipinski definition) is 3. The highest BCUT2D eigenvalue weighted by atomic mass is 16.3. The third kappa shape index (κ3) is 4.03. The molecule has 0 aliphatic rings. The molecule has 0 aromatic carbocycles. The van der Waals surface area contributed by atoms with Crippen LogP contribution in [0.5, 0.6) is 0 Å². The molecule has 0 fully saturated rings. The van der Waals surface area contributed by atoms with Crippen LogP contribution in [0.25, 0.3) is 0 Å². The number of oxazole rings is 1. The van der Waals surface area contributed by atoms with E-state index in [0.29, 0.717) is 24.4 Å². The Morgan fingerprint density at radius 2 is 2.33 bits per heavy atom. The summed E-state index contributed by atoms with van der Waals surface area (Å²) in [4.78, 5) is 15.7. The first-order valence-electron chi connectivity index (χ1n) is 6.06. The van der Waals surface area contributed by atoms with Crippen LogP contribution in [0.3, 0.4) is 0 Å². The van der Waals surface area contributed by atoms with E-state index in [1.807, 2.05) is 13.8 Å². The standard InChI is InChI=1S/C12H21N3O3/c1-4-12(3,5-6-16)15-11(17)13-7-10-9(2)18-8-14-10/h8,16H,4-7H2,1-3H3,(H2,13,15,17). The van der Waals surface area contributed by atoms with Gasteiger partial charge in [0, 0.05) is 12.1 Å². The van der Waals surface area contributed by atoms with Gasteiger partial charge >= 0.3 is 6.03 Å². The van der Waals surface area contributed by atoms with Crippen molar-refractivity contribution in [3.8, 4) is 0 Å². The summed E-state index contributed by atoms with van der Waals surface area (Å²) in [5.41, 5.74) is 0.322. The molecule has 1 unspecified atom stereocenters. The number of amides is 2. The van der Waals surface area contributed by atoms with Gasteiger partial charge in [0.25, 0.3) is 0 Å². The van der Waals surface area contributed by atoms with E-state index in [2.05, 4.69) is 15.6 Å². The molecule has 6 nitrogen and oxygen atoms in total. The third-order valence-electron chi connectivity index (χ3n) is 3.12. The van der Waals surface area contributed by atoms with E-state index < -0.39 is 5.54 Å². The maximum absolute atomic E-state index is 11.7. The summed E-state index contributed by atoms with van der Waals surface area (Å²) in [7, 11) is 0. The van der Waals surface area contributed by atoms with E-state index in [1.165, 1.54) is 6.39 Å². The lowest BCUT2D eigenvalue weighted by atomic mass is 9.95. The summed E-state index contributed by atoms with van der Waals surface area (Å²) >= 11 is 0. The van der Waals surface area contributed by atoms with E-state index in [1.54, 1.807) is 6.92 Å². The van der Waals surface area contributed by atoms with Crippen LogP contribution >= 0.6 is 0 Å². The molecule has 0 saturated carbocycles. The molecular formula is C12H21N3O3. The zero-order valence-electron chi connectivity index (χ0n) is 11.1. The first-order valence-corrected chi connectivity index (χ1v) is 6.06. The number of aliphatic hydroxyl groups excluding tert-OH is 1. The van der Waals surface area contributed by atoms with Crippen molar-refractivity contribution in [1.82, 2.24) is 15.6 Å². The number of carbonyl (C=O) groups excluding carboxylic acids is 1. The third-order valence-corrected chi connectivity index (χ3v) is 3.12. The van der Waals surface area contributed by atoms with Crippen molar-refractivity contribution in [3.05, 3.63) is 17.8 Å². The minimum atomic E-state index is -0.391. The quantitative estimate of drug-likeness (QED) is 0.715. The number of aromatic nitrogens is 1. The summed E-state index contributed by atoms with van der Waals surface area (Å²) in [6, 6.07) is -0.268. The van der Waals surface area contributed by atoms with Gasteiger partial charge in [-0.3, -0.25) is 0 Å². The number of hydrogen-bond acceptors (Lipinski definition) is 4. The molecule has 1 aromatic heterocycles. The number of carbonyl (C=O) groups is 1. The van der Waals surface area contributed by atoms with Crippen molar-refractivity contribution in [1.29, 1.82) is 0 Å². The Kier molecular flexibility index (Phi) is 5.15. The Labute approximate surface area is 107 Å². The van der Waals surface area contributed by atoms with Gasteiger partial charge in [-0.15, -0.1) is 0 Å². The Hall–Kier alpha value is -1.56. The number of urea groups is 1. The summed E-state index contributed by atoms with van der Waals surface area (Å²) in [5, 5.41) is 14.5. The van der Waals surface area contributed by atoms with Gasteiger partial charge in [-0.05, 0) is 26.7 Å². The Morgan fingerprint density at radius 1 is 1.61 bits per heavy atom. The van der Waals surface area contributed by atoms with Gasteiger partial charge in [-0.25, -0.2) is 9.78 Å². The lowest BCUT2D eigenvalue weighted by molar-refractivity contribution is 0.200. The molecule has 18 heavy (non-hydrogen) atoms. The normalized spacial score (nSPS) is 14.0. The number of rotatable bonds is 6. The van der Waals surface area contributed by atoms with Crippen LogP contribution in [0.4, 0.5) is 4.79 Å². The average Bonchev–Trinajstić information content (AvgIpc) is 2.72. The van der Waals surface area contributed by atoms with Gasteiger partial charge in [0.1, 0.15) is 11.5 Å². The minimum absolute atomic E-state index is 0.0486. The van der Waals surface area contributed by atoms with Crippen molar-refractivity contribution in [2.75, 3.05) is 6.61 Å². The smallest absolute Gasteiger partial charge is 0.315 e. The summed E-state index contributed by atoms with van der Waals surface area (Å²) in [6.07, 6.45) is 2.63. The second kappa shape index (κ2) is 6.39. The Morgan fingerprint density at radius 3 is 2.83 bits per heavy atom. The maximum atomic E-state index is 11.7. The highest BCUT2D eigenvalue weighted by Gasteiger charge is 2.23. The largest absolute Gasteiger partial charge is 0.448 e. The van der Waals surface area contributed by atoms with Crippen LogP contribution in [0, 0.1) is 6.92 Å². The van der Waals surface area contributed by atoms with Crippen molar-refractivity contribution in [2.24, 2.45) is 0 Å². The van der Waals surface area contributed by atoms with Crippen molar-refractivity contribution in [2.45, 2.75) is 45.7 Å². The molecular weight excluding hydrogens is 234 g/mol. The molecule has 0 radical (unpaired) electrons. The molecule has 2 amide bonds. The number of nitrogens with one attached hydrogen (secondary N) is 2. The van der Waals surface area contributed by atoms with Gasteiger partial charge < -0.3 is 20.2 Å². The van der Waals surface area contributed by atoms with Crippen LogP contribution in [0.1, 0.15) is 38.1 Å². The van der Waals surface area contributed by atoms with Crippen LogP contribution in [0.2, 0.25) is 0 Å². The van der Waals surface area contributed by atoms with E-state index in [9.17, 15) is 4.79 Å². The molecule has 0 saturated heterocycles. The molecule has 0 aliphatic carbocycles. The number of aliphatic hydroxyl groups is 1. The van der Waals surface area contributed by atoms with Crippen LogP contribution in [-0.4, -0.2) is 28.3 Å². The molecule has 1 atom stereocenters. The Balaban J connectivity index is 2.44. The van der Waals surface area contributed by atoms with Crippen LogP contribution in [0.15, 0.2) is 10.8 Å². The number of nitrogens with zero attached hydrogens (tertiary/aromatic N) is 1. The van der Waals surface area contributed by atoms with E-state index in [0.717, 1.165) is 6.42 Å². The van der Waals surface area contributed by atoms with Gasteiger partial charge in [-0.1, -0.05) is 6.92 Å². The summed E-state index contributed by atoms with van der Waals surface area (Å²) < 4.78 is 5.04. The predicted octanol–water partition coefficient (Wildman–Crippen LogP) is 1.33. The first-order chi connectivity index (χ1) is 8.50. The summed E-state index contributed by atoms with van der Waals surface area (Å²) in [6.45, 7) is 6.05. The van der Waals surface area contributed by atoms with Gasteiger partial charge in [0.05, 0.1) is 6.54 Å². The molecule has 3 N–H and O–H groups in total. The Bertz CT molecular complexity index is 392. The van der Waals surface area contributed by atoms with Crippen molar-refractivity contribution < 1.29 is 14.3 Å². The molecule has 0 spiro atoms. The molecule has 1 rings (SSSR count). The summed E-state index contributed by atoms with van der Waals surface area (Å²) in [5.74, 6) is 0.698. The SMILES string of the molecule is CCC(C)(CCO)NC(=O)NCc1ncoc1C. The van der Waals surface area contributed by atoms with E-state index in [-0.39, 0.29) is 12.6 Å². The molecule has 0 bridgehead atoms. The van der Waals surface area contributed by atoms with Gasteiger partial charge in [-0.2, -0.15) is 0 Å². The molecule has 102 valence electrons. The van der Waals surface area contributed by atoms with Crippen LogP contribution in [-0.2, 0) is 6.54 Å². The minimum Gasteiger partial charge on any atom is -0.448 e. The van der Waals surface area contributed by atoms with Crippen molar-refractivity contribution in [3.63, 3.8) is 0 Å². The van der Waals surface area contributed by atoms with E-state index in [4.69, 9.17) is 9.52 Å². The van der Waals surface area contributed by atoms with E-state index >= 15 is 0 Å². The second-order valence-electron chi connectivity index (χ2n) is 4.55. The molecule has 1 heterocycles. The second-order valence-corrected chi connectivity index (χ2v) is 4.55. The fraction of sp³-hybridized carbons (Fsp3) is 0.667. The van der Waals surface area contributed by atoms with Crippen molar-refractivity contribution >= 4 is 6.03 Å².